The Bertz CT molecular complexity index is 1230. The van der Waals surface area contributed by atoms with E-state index in [1.807, 2.05) is 48.6 Å². The van der Waals surface area contributed by atoms with Gasteiger partial charge in [-0.1, -0.05) is 61.6 Å². The van der Waals surface area contributed by atoms with Crippen molar-refractivity contribution in [3.63, 3.8) is 0 Å². The Hall–Kier alpha value is -2.73. The fraction of sp³-hybridized carbons (Fsp3) is 0.600. The molecule has 2 fully saturated rings. The number of hydrogen-bond acceptors (Lipinski definition) is 11. The van der Waals surface area contributed by atoms with Gasteiger partial charge in [-0.05, 0) is 30.2 Å². The quantitative estimate of drug-likeness (QED) is 0.0851. The summed E-state index contributed by atoms with van der Waals surface area (Å²) in [7, 11) is -4.76. The van der Waals surface area contributed by atoms with Gasteiger partial charge in [-0.25, -0.2) is 8.98 Å². The first kappa shape index (κ1) is 36.7. The van der Waals surface area contributed by atoms with Gasteiger partial charge in [0.25, 0.3) is 0 Å². The number of nitrogens with one attached hydrogen (secondary N) is 1. The average molecular weight is 658 g/mol. The van der Waals surface area contributed by atoms with E-state index in [-0.39, 0.29) is 63.2 Å². The topological polar surface area (TPSA) is 207 Å². The molecule has 8 atom stereocenters. The molecule has 2 aliphatic rings. The molecule has 1 saturated heterocycles. The zero-order valence-corrected chi connectivity index (χ0v) is 25.9. The minimum Gasteiger partial charge on any atom is -0.480 e. The van der Waals surface area contributed by atoms with E-state index < -0.39 is 53.5 Å². The molecule has 1 amide bonds. The number of amides is 1. The smallest absolute Gasteiger partial charge is 0.397 e. The lowest BCUT2D eigenvalue weighted by atomic mass is 9.91. The van der Waals surface area contributed by atoms with Gasteiger partial charge in [0.2, 0.25) is 5.91 Å². The van der Waals surface area contributed by atoms with Crippen LogP contribution in [0.25, 0.3) is 6.08 Å². The van der Waals surface area contributed by atoms with Crippen molar-refractivity contribution in [1.82, 2.24) is 5.32 Å². The first-order valence-electron chi connectivity index (χ1n) is 14.7. The van der Waals surface area contributed by atoms with Gasteiger partial charge in [-0.3, -0.25) is 9.35 Å². The first-order valence-corrected chi connectivity index (χ1v) is 16.1. The van der Waals surface area contributed by atoms with Gasteiger partial charge < -0.3 is 39.6 Å². The largest absolute Gasteiger partial charge is 0.480 e. The average Bonchev–Trinajstić information content (AvgIpc) is 3.41. The second-order valence-electron chi connectivity index (χ2n) is 11.0. The van der Waals surface area contributed by atoms with E-state index >= 15 is 0 Å². The van der Waals surface area contributed by atoms with E-state index in [0.29, 0.717) is 6.42 Å². The molecule has 15 heteroatoms. The third-order valence-electron chi connectivity index (χ3n) is 7.65. The van der Waals surface area contributed by atoms with Crippen LogP contribution in [-0.4, -0.2) is 111 Å². The van der Waals surface area contributed by atoms with E-state index in [4.69, 9.17) is 28.6 Å². The molecule has 1 aromatic carbocycles. The van der Waals surface area contributed by atoms with Crippen LogP contribution in [0.3, 0.4) is 0 Å². The van der Waals surface area contributed by atoms with Gasteiger partial charge in [0.1, 0.15) is 18.8 Å². The standard InChI is InChI=1S/C30H43NO13S/c1-20-27(34)25(18-43-45(37,38)39)44-30(28(20)35)42-13-11-31-29(36)24-17-22(10-9-21-6-3-2-4-7-21)16-23(24)8-5-12-40-14-15-41-19-26(32)33/h2-10,20,22-25,27-28,30,34-35H,11-19H2,1H3,(H,31,36)(H,32,33)(H,37,38,39)/b8-5+,10-9+. The molecular weight excluding hydrogens is 614 g/mol. The molecule has 1 heterocycles. The highest BCUT2D eigenvalue weighted by Crippen LogP contribution is 2.38. The number of carboxylic acid groups (broad SMARTS) is 1. The highest BCUT2D eigenvalue weighted by Gasteiger charge is 2.43. The number of allylic oxidation sites excluding steroid dienone is 2. The van der Waals surface area contributed by atoms with Crippen LogP contribution in [0.5, 0.6) is 0 Å². The van der Waals surface area contributed by atoms with Crippen molar-refractivity contribution in [2.75, 3.05) is 46.2 Å². The number of ether oxygens (including phenoxy) is 4. The number of aliphatic hydroxyl groups is 2. The van der Waals surface area contributed by atoms with Crippen molar-refractivity contribution >= 4 is 28.4 Å². The SMILES string of the molecule is CC1C(O)C(COS(=O)(=O)O)OC(OCCNC(=O)C2CC(/C=C/c3ccccc3)CC2/C=C/COCCOCC(=O)O)C1O. The van der Waals surface area contributed by atoms with Crippen LogP contribution in [-0.2, 0) is 43.1 Å². The molecule has 0 spiro atoms. The number of rotatable bonds is 18. The number of carbonyl (C=O) groups excluding carboxylic acids is 1. The fourth-order valence-electron chi connectivity index (χ4n) is 5.28. The van der Waals surface area contributed by atoms with Crippen LogP contribution >= 0.6 is 0 Å². The Morgan fingerprint density at radius 2 is 1.78 bits per heavy atom. The Morgan fingerprint density at radius 3 is 2.49 bits per heavy atom. The Labute approximate surface area is 262 Å². The minimum absolute atomic E-state index is 0.0372. The molecule has 0 radical (unpaired) electrons. The second-order valence-corrected chi connectivity index (χ2v) is 12.1. The number of hydrogen-bond donors (Lipinski definition) is 5. The third kappa shape index (κ3) is 12.9. The Balaban J connectivity index is 1.51. The molecule has 1 saturated carbocycles. The van der Waals surface area contributed by atoms with Crippen molar-refractivity contribution in [2.45, 2.75) is 44.4 Å². The maximum atomic E-state index is 13.2. The lowest BCUT2D eigenvalue weighted by molar-refractivity contribution is -0.285. The predicted octanol–water partition coefficient (Wildman–Crippen LogP) is 1.05. The highest BCUT2D eigenvalue weighted by molar-refractivity contribution is 7.80. The molecule has 14 nitrogen and oxygen atoms in total. The van der Waals surface area contributed by atoms with Crippen LogP contribution < -0.4 is 5.32 Å². The molecule has 0 aromatic heterocycles. The molecule has 45 heavy (non-hydrogen) atoms. The summed E-state index contributed by atoms with van der Waals surface area (Å²) in [6.45, 7) is 1.22. The van der Waals surface area contributed by atoms with Gasteiger partial charge in [-0.2, -0.15) is 8.42 Å². The summed E-state index contributed by atoms with van der Waals surface area (Å²) < 4.78 is 56.5. The van der Waals surface area contributed by atoms with E-state index in [1.54, 1.807) is 0 Å². The molecule has 1 aliphatic carbocycles. The molecular formula is C30H43NO13S. The summed E-state index contributed by atoms with van der Waals surface area (Å²) in [6, 6.07) is 9.86. The molecule has 1 aromatic rings. The van der Waals surface area contributed by atoms with Crippen molar-refractivity contribution in [3.8, 4) is 0 Å². The monoisotopic (exact) mass is 657 g/mol. The summed E-state index contributed by atoms with van der Waals surface area (Å²) in [5, 5.41) is 32.2. The molecule has 5 N–H and O–H groups in total. The summed E-state index contributed by atoms with van der Waals surface area (Å²) in [6.07, 6.45) is 4.44. The van der Waals surface area contributed by atoms with Crippen molar-refractivity contribution < 1.29 is 61.0 Å². The van der Waals surface area contributed by atoms with E-state index in [1.165, 1.54) is 6.92 Å². The van der Waals surface area contributed by atoms with Gasteiger partial charge in [0.15, 0.2) is 6.29 Å². The van der Waals surface area contributed by atoms with Crippen molar-refractivity contribution in [2.24, 2.45) is 23.7 Å². The van der Waals surface area contributed by atoms with Gasteiger partial charge in [0.05, 0.1) is 39.1 Å². The lowest BCUT2D eigenvalue weighted by Gasteiger charge is -2.40. The summed E-state index contributed by atoms with van der Waals surface area (Å²) in [4.78, 5) is 23.7. The van der Waals surface area contributed by atoms with E-state index in [0.717, 1.165) is 12.0 Å². The number of carboxylic acids is 1. The summed E-state index contributed by atoms with van der Waals surface area (Å²) in [5.74, 6) is -2.17. The number of aliphatic hydroxyl groups excluding tert-OH is 2. The maximum Gasteiger partial charge on any atom is 0.397 e. The van der Waals surface area contributed by atoms with Gasteiger partial charge >= 0.3 is 16.4 Å². The van der Waals surface area contributed by atoms with E-state index in [2.05, 4.69) is 15.6 Å². The zero-order valence-electron chi connectivity index (χ0n) is 25.1. The lowest BCUT2D eigenvalue weighted by Crippen LogP contribution is -2.55. The van der Waals surface area contributed by atoms with Crippen molar-refractivity contribution in [3.05, 3.63) is 54.1 Å². The van der Waals surface area contributed by atoms with Gasteiger partial charge in [-0.15, -0.1) is 0 Å². The van der Waals surface area contributed by atoms with Crippen LogP contribution in [0, 0.1) is 23.7 Å². The Morgan fingerprint density at radius 1 is 1.04 bits per heavy atom. The highest BCUT2D eigenvalue weighted by atomic mass is 32.3. The van der Waals surface area contributed by atoms with Gasteiger partial charge in [0, 0.05) is 18.4 Å². The molecule has 3 rings (SSSR count). The summed E-state index contributed by atoms with van der Waals surface area (Å²) in [5.41, 5.74) is 1.06. The van der Waals surface area contributed by atoms with Crippen LogP contribution in [0.2, 0.25) is 0 Å². The molecule has 0 bridgehead atoms. The number of carbonyl (C=O) groups is 2. The van der Waals surface area contributed by atoms with E-state index in [9.17, 15) is 28.2 Å². The normalized spacial score (nSPS) is 29.0. The molecule has 252 valence electrons. The number of aliphatic carboxylic acids is 1. The maximum absolute atomic E-state index is 13.2. The van der Waals surface area contributed by atoms with Crippen LogP contribution in [0.4, 0.5) is 0 Å². The fourth-order valence-corrected chi connectivity index (χ4v) is 5.59. The molecule has 8 unspecified atom stereocenters. The minimum atomic E-state index is -4.76. The Kier molecular flexibility index (Phi) is 15.0. The van der Waals surface area contributed by atoms with Crippen LogP contribution in [0.1, 0.15) is 25.3 Å². The second kappa shape index (κ2) is 18.4. The van der Waals surface area contributed by atoms with Crippen LogP contribution in [0.15, 0.2) is 48.6 Å². The predicted molar refractivity (Wildman–Crippen MR) is 160 cm³/mol. The number of benzene rings is 1. The summed E-state index contributed by atoms with van der Waals surface area (Å²) >= 11 is 0. The first-order chi connectivity index (χ1) is 21.4. The molecule has 1 aliphatic heterocycles. The third-order valence-corrected chi connectivity index (χ3v) is 8.09. The zero-order chi connectivity index (χ0) is 32.8. The van der Waals surface area contributed by atoms with Crippen molar-refractivity contribution in [1.29, 1.82) is 0 Å².